The molecule has 2 aliphatic rings. The summed E-state index contributed by atoms with van der Waals surface area (Å²) >= 11 is 3.57. The molecule has 2 aromatic rings. The highest BCUT2D eigenvalue weighted by Gasteiger charge is 2.40. The molecule has 1 unspecified atom stereocenters. The zero-order valence-corrected chi connectivity index (χ0v) is 16.2. The van der Waals surface area contributed by atoms with E-state index in [1.165, 1.54) is 0 Å². The zero-order chi connectivity index (χ0) is 19.0. The van der Waals surface area contributed by atoms with Gasteiger partial charge in [-0.05, 0) is 36.6 Å². The summed E-state index contributed by atoms with van der Waals surface area (Å²) in [6, 6.07) is 17.0. The number of amides is 1. The van der Waals surface area contributed by atoms with E-state index in [1.807, 2.05) is 30.3 Å². The van der Waals surface area contributed by atoms with Crippen molar-refractivity contribution in [3.05, 3.63) is 75.4 Å². The predicted octanol–water partition coefficient (Wildman–Crippen LogP) is 4.85. The normalized spacial score (nSPS) is 19.7. The highest BCUT2D eigenvalue weighted by molar-refractivity contribution is 9.10. The molecule has 0 bridgehead atoms. The fourth-order valence-corrected chi connectivity index (χ4v) is 4.62. The quantitative estimate of drug-likeness (QED) is 0.697. The molecule has 1 atom stereocenters. The van der Waals surface area contributed by atoms with Gasteiger partial charge in [0, 0.05) is 34.5 Å². The molecule has 27 heavy (non-hydrogen) atoms. The summed E-state index contributed by atoms with van der Waals surface area (Å²) in [4.78, 5) is 27.7. The van der Waals surface area contributed by atoms with E-state index in [1.54, 1.807) is 23.1 Å². The van der Waals surface area contributed by atoms with Gasteiger partial charge in [-0.3, -0.25) is 14.5 Å². The molecule has 134 valence electrons. The first-order valence-electron chi connectivity index (χ1n) is 8.94. The zero-order valence-electron chi connectivity index (χ0n) is 14.6. The molecule has 0 saturated heterocycles. The predicted molar refractivity (Wildman–Crippen MR) is 106 cm³/mol. The van der Waals surface area contributed by atoms with Crippen LogP contribution >= 0.6 is 15.9 Å². The Morgan fingerprint density at radius 2 is 1.78 bits per heavy atom. The van der Waals surface area contributed by atoms with Crippen LogP contribution in [0, 0.1) is 11.3 Å². The van der Waals surface area contributed by atoms with Crippen LogP contribution in [0.4, 0.5) is 5.69 Å². The van der Waals surface area contributed by atoms with Crippen molar-refractivity contribution in [1.29, 1.82) is 5.26 Å². The van der Waals surface area contributed by atoms with E-state index in [9.17, 15) is 14.9 Å². The van der Waals surface area contributed by atoms with Crippen LogP contribution in [0.3, 0.4) is 0 Å². The number of para-hydroxylation sites is 1. The lowest BCUT2D eigenvalue weighted by Gasteiger charge is -2.38. The number of hydrogen-bond donors (Lipinski definition) is 0. The molecule has 5 heteroatoms. The first kappa shape index (κ1) is 17.7. The molecule has 0 aromatic heterocycles. The maximum atomic E-state index is 13.2. The Hall–Kier alpha value is -2.71. The number of rotatable bonds is 2. The third kappa shape index (κ3) is 3.00. The molecule has 1 aliphatic carbocycles. The summed E-state index contributed by atoms with van der Waals surface area (Å²) in [5.41, 5.74) is 3.45. The van der Waals surface area contributed by atoms with Crippen LogP contribution in [0.25, 0.3) is 0 Å². The van der Waals surface area contributed by atoms with Gasteiger partial charge in [0.15, 0.2) is 5.78 Å². The van der Waals surface area contributed by atoms with Gasteiger partial charge in [-0.25, -0.2) is 0 Å². The van der Waals surface area contributed by atoms with E-state index in [2.05, 4.69) is 22.0 Å². The first-order chi connectivity index (χ1) is 13.1. The average Bonchev–Trinajstić information content (AvgIpc) is 2.68. The second-order valence-electron chi connectivity index (χ2n) is 6.77. The molecular formula is C22H17BrN2O2. The minimum atomic E-state index is -0.249. The van der Waals surface area contributed by atoms with Gasteiger partial charge in [-0.15, -0.1) is 0 Å². The molecule has 4 nitrogen and oxygen atoms in total. The van der Waals surface area contributed by atoms with E-state index in [-0.39, 0.29) is 24.0 Å². The van der Waals surface area contributed by atoms with Gasteiger partial charge in [0.05, 0.1) is 11.3 Å². The Labute approximate surface area is 166 Å². The Morgan fingerprint density at radius 3 is 2.56 bits per heavy atom. The topological polar surface area (TPSA) is 61.2 Å². The van der Waals surface area contributed by atoms with Crippen LogP contribution in [-0.4, -0.2) is 11.7 Å². The van der Waals surface area contributed by atoms with Gasteiger partial charge in [-0.1, -0.05) is 46.3 Å². The van der Waals surface area contributed by atoms with Crippen molar-refractivity contribution in [3.63, 3.8) is 0 Å². The maximum absolute atomic E-state index is 13.2. The van der Waals surface area contributed by atoms with Gasteiger partial charge in [0.2, 0.25) is 5.91 Å². The Morgan fingerprint density at radius 1 is 1.04 bits per heavy atom. The Kier molecular flexibility index (Phi) is 4.67. The van der Waals surface area contributed by atoms with Crippen molar-refractivity contribution in [1.82, 2.24) is 0 Å². The molecule has 1 heterocycles. The molecule has 0 fully saturated rings. The number of benzene rings is 2. The number of halogens is 1. The highest BCUT2D eigenvalue weighted by atomic mass is 79.9. The van der Waals surface area contributed by atoms with Crippen LogP contribution in [0.5, 0.6) is 0 Å². The molecule has 0 radical (unpaired) electrons. The molecule has 2 aromatic carbocycles. The molecule has 1 amide bonds. The van der Waals surface area contributed by atoms with E-state index >= 15 is 0 Å². The number of ketones is 1. The van der Waals surface area contributed by atoms with Gasteiger partial charge in [0.1, 0.15) is 6.07 Å². The first-order valence-corrected chi connectivity index (χ1v) is 9.74. The Bertz CT molecular complexity index is 1020. The fraction of sp³-hybridized carbons (Fsp3) is 0.227. The minimum absolute atomic E-state index is 0.0769. The summed E-state index contributed by atoms with van der Waals surface area (Å²) < 4.78 is 0.902. The lowest BCUT2D eigenvalue weighted by molar-refractivity contribution is -0.119. The number of allylic oxidation sites excluding steroid dienone is 2. The number of hydrogen-bond acceptors (Lipinski definition) is 3. The molecule has 0 saturated carbocycles. The SMILES string of the molecule is N#Cc1ccccc1N1C(=O)CC(c2ccccc2Br)C2=C1CCCC2=O. The third-order valence-electron chi connectivity index (χ3n) is 5.22. The lowest BCUT2D eigenvalue weighted by atomic mass is 9.77. The van der Waals surface area contributed by atoms with Crippen molar-refractivity contribution in [2.75, 3.05) is 4.90 Å². The number of carbonyl (C=O) groups is 2. The van der Waals surface area contributed by atoms with E-state index in [0.29, 0.717) is 24.1 Å². The maximum Gasteiger partial charge on any atom is 0.232 e. The summed E-state index contributed by atoms with van der Waals surface area (Å²) in [5.74, 6) is -0.225. The summed E-state index contributed by atoms with van der Waals surface area (Å²) in [6.07, 6.45) is 2.10. The van der Waals surface area contributed by atoms with E-state index in [0.717, 1.165) is 27.7 Å². The van der Waals surface area contributed by atoms with Crippen molar-refractivity contribution in [2.24, 2.45) is 0 Å². The van der Waals surface area contributed by atoms with Crippen molar-refractivity contribution >= 4 is 33.3 Å². The number of nitriles is 1. The highest BCUT2D eigenvalue weighted by Crippen LogP contribution is 2.45. The average molecular weight is 421 g/mol. The molecule has 0 spiro atoms. The van der Waals surface area contributed by atoms with Crippen molar-refractivity contribution < 1.29 is 9.59 Å². The number of nitrogens with zero attached hydrogens (tertiary/aromatic N) is 2. The summed E-state index contributed by atoms with van der Waals surface area (Å²) in [7, 11) is 0. The Balaban J connectivity index is 1.92. The second kappa shape index (κ2) is 7.13. The fourth-order valence-electron chi connectivity index (χ4n) is 4.06. The smallest absolute Gasteiger partial charge is 0.232 e. The molecule has 0 N–H and O–H groups in total. The summed E-state index contributed by atoms with van der Waals surface area (Å²) in [6.45, 7) is 0. The van der Waals surface area contributed by atoms with Crippen LogP contribution in [0.2, 0.25) is 0 Å². The van der Waals surface area contributed by atoms with Crippen LogP contribution < -0.4 is 4.90 Å². The van der Waals surface area contributed by atoms with Crippen molar-refractivity contribution in [2.45, 2.75) is 31.6 Å². The van der Waals surface area contributed by atoms with Gasteiger partial charge in [0.25, 0.3) is 0 Å². The monoisotopic (exact) mass is 420 g/mol. The van der Waals surface area contributed by atoms with Gasteiger partial charge >= 0.3 is 0 Å². The molecule has 4 rings (SSSR count). The van der Waals surface area contributed by atoms with E-state index < -0.39 is 0 Å². The van der Waals surface area contributed by atoms with Crippen LogP contribution in [-0.2, 0) is 9.59 Å². The molecular weight excluding hydrogens is 404 g/mol. The molecule has 1 aliphatic heterocycles. The largest absolute Gasteiger partial charge is 0.294 e. The van der Waals surface area contributed by atoms with Crippen molar-refractivity contribution in [3.8, 4) is 6.07 Å². The van der Waals surface area contributed by atoms with Gasteiger partial charge < -0.3 is 0 Å². The van der Waals surface area contributed by atoms with Gasteiger partial charge in [-0.2, -0.15) is 5.26 Å². The minimum Gasteiger partial charge on any atom is -0.294 e. The lowest BCUT2D eigenvalue weighted by Crippen LogP contribution is -2.41. The summed E-state index contributed by atoms with van der Waals surface area (Å²) in [5, 5.41) is 9.47. The second-order valence-corrected chi connectivity index (χ2v) is 7.63. The number of anilines is 1. The van der Waals surface area contributed by atoms with Crippen LogP contribution in [0.1, 0.15) is 42.7 Å². The van der Waals surface area contributed by atoms with E-state index in [4.69, 9.17) is 0 Å². The standard InChI is InChI=1S/C22H17BrN2O2/c23-17-8-3-2-7-15(17)16-12-21(27)25(18-9-4-1-6-14(18)13-24)19-10-5-11-20(26)22(16)19/h1-4,6-9,16H,5,10-12H2. The third-order valence-corrected chi connectivity index (χ3v) is 5.94. The number of Topliss-reactive ketones (excluding diaryl/α,β-unsaturated/α-hetero) is 1. The number of carbonyl (C=O) groups excluding carboxylic acids is 2. The van der Waals surface area contributed by atoms with Crippen LogP contribution in [0.15, 0.2) is 64.3 Å².